The summed E-state index contributed by atoms with van der Waals surface area (Å²) < 4.78 is 12.5. The summed E-state index contributed by atoms with van der Waals surface area (Å²) >= 11 is 1.91. The molecule has 0 saturated heterocycles. The van der Waals surface area contributed by atoms with Crippen LogP contribution in [0.1, 0.15) is 11.4 Å². The van der Waals surface area contributed by atoms with Crippen molar-refractivity contribution < 1.29 is 9.47 Å². The Balaban J connectivity index is 2.29. The van der Waals surface area contributed by atoms with Crippen molar-refractivity contribution in [3.05, 3.63) is 17.5 Å². The molecule has 5 nitrogen and oxygen atoms in total. The Labute approximate surface area is 103 Å². The fourth-order valence-electron chi connectivity index (χ4n) is 2.03. The molecule has 0 saturated carbocycles. The molecule has 90 valence electrons. The van der Waals surface area contributed by atoms with Crippen LogP contribution in [0.5, 0.6) is 11.8 Å². The molecule has 2 aromatic rings. The predicted molar refractivity (Wildman–Crippen MR) is 66.0 cm³/mol. The first-order valence-electron chi connectivity index (χ1n) is 5.40. The molecule has 0 radical (unpaired) electrons. The Morgan fingerprint density at radius 1 is 1.29 bits per heavy atom. The van der Waals surface area contributed by atoms with Gasteiger partial charge in [0.25, 0.3) is 0 Å². The van der Waals surface area contributed by atoms with Crippen molar-refractivity contribution in [3.63, 3.8) is 0 Å². The molecule has 0 aromatic carbocycles. The van der Waals surface area contributed by atoms with Crippen LogP contribution in [0, 0.1) is 0 Å². The highest BCUT2D eigenvalue weighted by Crippen LogP contribution is 2.29. The molecule has 0 N–H and O–H groups in total. The summed E-state index contributed by atoms with van der Waals surface area (Å²) in [6, 6.07) is 1.79. The molecule has 0 spiro atoms. The van der Waals surface area contributed by atoms with E-state index >= 15 is 0 Å². The van der Waals surface area contributed by atoms with Gasteiger partial charge in [-0.25, -0.2) is 9.38 Å². The van der Waals surface area contributed by atoms with E-state index in [2.05, 4.69) is 9.97 Å². The van der Waals surface area contributed by atoms with Crippen molar-refractivity contribution in [3.8, 4) is 11.8 Å². The van der Waals surface area contributed by atoms with E-state index in [0.29, 0.717) is 11.7 Å². The lowest BCUT2D eigenvalue weighted by atomic mass is 10.3. The Morgan fingerprint density at radius 2 is 2.18 bits per heavy atom. The Bertz CT molecular complexity index is 567. The molecule has 0 fully saturated rings. The number of aryl methyl sites for hydroxylation is 1. The number of imidazole rings is 1. The zero-order chi connectivity index (χ0) is 11.8. The third-order valence-corrected chi connectivity index (χ3v) is 3.83. The van der Waals surface area contributed by atoms with E-state index < -0.39 is 0 Å². The Morgan fingerprint density at radius 3 is 2.94 bits per heavy atom. The minimum atomic E-state index is 0.532. The maximum Gasteiger partial charge on any atom is 0.240 e. The molecule has 0 unspecified atom stereocenters. The van der Waals surface area contributed by atoms with Gasteiger partial charge >= 0.3 is 0 Å². The van der Waals surface area contributed by atoms with Crippen LogP contribution in [0.3, 0.4) is 0 Å². The van der Waals surface area contributed by atoms with Crippen molar-refractivity contribution in [2.24, 2.45) is 0 Å². The van der Waals surface area contributed by atoms with Gasteiger partial charge in [0, 0.05) is 12.2 Å². The van der Waals surface area contributed by atoms with Crippen molar-refractivity contribution in [1.82, 2.24) is 14.4 Å². The zero-order valence-corrected chi connectivity index (χ0v) is 10.6. The molecular weight excluding hydrogens is 238 g/mol. The van der Waals surface area contributed by atoms with Gasteiger partial charge in [0.15, 0.2) is 0 Å². The Hall–Kier alpha value is -1.43. The fraction of sp³-hybridized carbons (Fsp3) is 0.455. The predicted octanol–water partition coefficient (Wildman–Crippen LogP) is 1.54. The van der Waals surface area contributed by atoms with Crippen molar-refractivity contribution >= 4 is 17.5 Å². The Kier molecular flexibility index (Phi) is 2.58. The molecular formula is C11H13N3O2S. The van der Waals surface area contributed by atoms with Gasteiger partial charge in [-0.1, -0.05) is 0 Å². The maximum atomic E-state index is 5.39. The summed E-state index contributed by atoms with van der Waals surface area (Å²) in [6.07, 6.45) is 0.995. The summed E-state index contributed by atoms with van der Waals surface area (Å²) in [5.41, 5.74) is 2.33. The molecule has 0 atom stereocenters. The standard InChI is InChI=1S/C11H13N3O2S/c1-15-9-5-10(16-2)14-8-6-17-4-3-7(8)12-11(14)13-9/h5H,3-4,6H2,1-2H3. The zero-order valence-electron chi connectivity index (χ0n) is 9.77. The molecule has 0 aliphatic carbocycles. The van der Waals surface area contributed by atoms with Crippen LogP contribution in [0.15, 0.2) is 6.07 Å². The lowest BCUT2D eigenvalue weighted by Crippen LogP contribution is -2.05. The quantitative estimate of drug-likeness (QED) is 0.810. The van der Waals surface area contributed by atoms with Crippen LogP contribution in [-0.4, -0.2) is 34.3 Å². The molecule has 0 bridgehead atoms. The second kappa shape index (κ2) is 4.10. The number of rotatable bonds is 2. The lowest BCUT2D eigenvalue weighted by Gasteiger charge is -2.12. The SMILES string of the molecule is COc1cc(OC)n2c3c(nc2n1)CCSC3. The number of hydrogen-bond acceptors (Lipinski definition) is 5. The molecule has 1 aliphatic heterocycles. The normalized spacial score (nSPS) is 14.7. The molecule has 6 heteroatoms. The highest BCUT2D eigenvalue weighted by atomic mass is 32.2. The van der Waals surface area contributed by atoms with Crippen LogP contribution < -0.4 is 9.47 Å². The second-order valence-electron chi connectivity index (χ2n) is 3.78. The van der Waals surface area contributed by atoms with Gasteiger partial charge in [-0.05, 0) is 5.75 Å². The van der Waals surface area contributed by atoms with Crippen molar-refractivity contribution in [2.45, 2.75) is 12.2 Å². The number of thioether (sulfide) groups is 1. The van der Waals surface area contributed by atoms with Gasteiger partial charge in [-0.15, -0.1) is 0 Å². The lowest BCUT2D eigenvalue weighted by molar-refractivity contribution is 0.369. The molecule has 3 heterocycles. The third-order valence-electron chi connectivity index (χ3n) is 2.86. The summed E-state index contributed by atoms with van der Waals surface area (Å²) in [5.74, 6) is 4.00. The smallest absolute Gasteiger partial charge is 0.240 e. The van der Waals surface area contributed by atoms with Crippen LogP contribution >= 0.6 is 11.8 Å². The van der Waals surface area contributed by atoms with Crippen LogP contribution in [0.25, 0.3) is 5.78 Å². The number of methoxy groups -OCH3 is 2. The number of hydrogen-bond donors (Lipinski definition) is 0. The third kappa shape index (κ3) is 1.63. The minimum Gasteiger partial charge on any atom is -0.482 e. The van der Waals surface area contributed by atoms with E-state index in [0.717, 1.165) is 29.5 Å². The number of nitrogens with zero attached hydrogens (tertiary/aromatic N) is 3. The molecule has 0 amide bonds. The van der Waals surface area contributed by atoms with E-state index in [-0.39, 0.29) is 0 Å². The van der Waals surface area contributed by atoms with Crippen molar-refractivity contribution in [2.75, 3.05) is 20.0 Å². The minimum absolute atomic E-state index is 0.532. The van der Waals surface area contributed by atoms with E-state index in [1.807, 2.05) is 16.2 Å². The maximum absolute atomic E-state index is 5.39. The number of fused-ring (bicyclic) bond motifs is 3. The average molecular weight is 251 g/mol. The topological polar surface area (TPSA) is 48.7 Å². The summed E-state index contributed by atoms with van der Waals surface area (Å²) in [6.45, 7) is 0. The second-order valence-corrected chi connectivity index (χ2v) is 4.89. The van der Waals surface area contributed by atoms with Crippen molar-refractivity contribution in [1.29, 1.82) is 0 Å². The van der Waals surface area contributed by atoms with E-state index in [1.165, 1.54) is 5.69 Å². The number of ether oxygens (including phenoxy) is 2. The van der Waals surface area contributed by atoms with Gasteiger partial charge in [0.2, 0.25) is 17.5 Å². The highest BCUT2D eigenvalue weighted by molar-refractivity contribution is 7.98. The summed E-state index contributed by atoms with van der Waals surface area (Å²) in [5, 5.41) is 0. The highest BCUT2D eigenvalue weighted by Gasteiger charge is 2.20. The van der Waals surface area contributed by atoms with Gasteiger partial charge in [-0.3, -0.25) is 0 Å². The van der Waals surface area contributed by atoms with Gasteiger partial charge in [0.1, 0.15) is 0 Å². The van der Waals surface area contributed by atoms with E-state index in [4.69, 9.17) is 9.47 Å². The molecule has 2 aromatic heterocycles. The summed E-state index contributed by atoms with van der Waals surface area (Å²) in [7, 11) is 3.24. The molecule has 17 heavy (non-hydrogen) atoms. The first-order valence-corrected chi connectivity index (χ1v) is 6.56. The average Bonchev–Trinajstić information content (AvgIpc) is 2.75. The fourth-order valence-corrected chi connectivity index (χ4v) is 3.00. The molecule has 3 rings (SSSR count). The van der Waals surface area contributed by atoms with Gasteiger partial charge in [0.05, 0.1) is 31.7 Å². The monoisotopic (exact) mass is 251 g/mol. The van der Waals surface area contributed by atoms with Crippen LogP contribution in [0.4, 0.5) is 0 Å². The van der Waals surface area contributed by atoms with Gasteiger partial charge < -0.3 is 9.47 Å². The van der Waals surface area contributed by atoms with Gasteiger partial charge in [-0.2, -0.15) is 16.7 Å². The first-order chi connectivity index (χ1) is 8.33. The number of aromatic nitrogens is 3. The van der Waals surface area contributed by atoms with Crippen LogP contribution in [0.2, 0.25) is 0 Å². The first kappa shape index (κ1) is 10.7. The summed E-state index contributed by atoms with van der Waals surface area (Å²) in [4.78, 5) is 8.90. The largest absolute Gasteiger partial charge is 0.482 e. The molecule has 1 aliphatic rings. The van der Waals surface area contributed by atoms with Crippen LogP contribution in [-0.2, 0) is 12.2 Å². The van der Waals surface area contributed by atoms with E-state index in [9.17, 15) is 0 Å². The van der Waals surface area contributed by atoms with E-state index in [1.54, 1.807) is 20.3 Å².